The number of aliphatic hydroxyl groups excluding tert-OH is 2. The Hall–Kier alpha value is 1.32. The molecule has 130 valence electrons. The van der Waals surface area contributed by atoms with E-state index in [0.29, 0.717) is 0 Å². The van der Waals surface area contributed by atoms with Gasteiger partial charge in [-0.05, 0) is 38.5 Å². The van der Waals surface area contributed by atoms with Crippen LogP contribution in [0.25, 0.3) is 0 Å². The van der Waals surface area contributed by atoms with Gasteiger partial charge in [-0.2, -0.15) is 0 Å². The van der Waals surface area contributed by atoms with Crippen molar-refractivity contribution in [2.75, 3.05) is 18.1 Å². The highest BCUT2D eigenvalue weighted by Gasteiger charge is 2.21. The summed E-state index contributed by atoms with van der Waals surface area (Å²) in [4.78, 5) is 0. The standard InChI is InChI=1S/C16H30O2S4/c17-12-13(4-3-6-15-9-11-20-22-15)16(18)7-2-1-5-14-8-10-19-21-14/h13-18H,1-12H2. The van der Waals surface area contributed by atoms with E-state index in [2.05, 4.69) is 0 Å². The second-order valence-electron chi connectivity index (χ2n) is 6.38. The Balaban J connectivity index is 1.51. The lowest BCUT2D eigenvalue weighted by Crippen LogP contribution is -2.24. The third-order valence-corrected chi connectivity index (χ3v) is 10.6. The minimum atomic E-state index is -0.304. The summed E-state index contributed by atoms with van der Waals surface area (Å²) < 4.78 is 0. The molecule has 2 N–H and O–H groups in total. The Kier molecular flexibility index (Phi) is 10.5. The summed E-state index contributed by atoms with van der Waals surface area (Å²) in [6, 6.07) is 0. The van der Waals surface area contributed by atoms with Crippen molar-refractivity contribution in [1.29, 1.82) is 0 Å². The second-order valence-corrected chi connectivity index (χ2v) is 12.0. The fraction of sp³-hybridized carbons (Fsp3) is 1.00. The molecule has 2 rings (SSSR count). The van der Waals surface area contributed by atoms with Crippen molar-refractivity contribution >= 4 is 43.2 Å². The molecule has 2 aliphatic heterocycles. The maximum atomic E-state index is 10.3. The van der Waals surface area contributed by atoms with Crippen molar-refractivity contribution in [3.05, 3.63) is 0 Å². The van der Waals surface area contributed by atoms with Crippen LogP contribution < -0.4 is 0 Å². The third kappa shape index (κ3) is 7.47. The Morgan fingerprint density at radius 1 is 0.864 bits per heavy atom. The summed E-state index contributed by atoms with van der Waals surface area (Å²) in [6.45, 7) is 0.142. The van der Waals surface area contributed by atoms with Gasteiger partial charge in [0, 0.05) is 34.5 Å². The van der Waals surface area contributed by atoms with Crippen LogP contribution in [0, 0.1) is 5.92 Å². The fourth-order valence-electron chi connectivity index (χ4n) is 3.10. The molecule has 0 bridgehead atoms. The van der Waals surface area contributed by atoms with Crippen LogP contribution in [-0.2, 0) is 0 Å². The molecule has 22 heavy (non-hydrogen) atoms. The van der Waals surface area contributed by atoms with E-state index >= 15 is 0 Å². The van der Waals surface area contributed by atoms with Crippen molar-refractivity contribution in [3.63, 3.8) is 0 Å². The molecule has 2 saturated heterocycles. The molecule has 4 unspecified atom stereocenters. The molecule has 0 aliphatic carbocycles. The average Bonchev–Trinajstić information content (AvgIpc) is 3.21. The van der Waals surface area contributed by atoms with E-state index in [0.717, 1.165) is 36.2 Å². The van der Waals surface area contributed by atoms with Gasteiger partial charge in [0.15, 0.2) is 0 Å². The molecule has 2 aliphatic rings. The van der Waals surface area contributed by atoms with E-state index in [4.69, 9.17) is 0 Å². The summed E-state index contributed by atoms with van der Waals surface area (Å²) in [5, 5.41) is 21.5. The summed E-state index contributed by atoms with van der Waals surface area (Å²) in [5.41, 5.74) is 0. The average molecular weight is 383 g/mol. The van der Waals surface area contributed by atoms with Crippen LogP contribution in [0.15, 0.2) is 0 Å². The molecule has 0 aromatic carbocycles. The Morgan fingerprint density at radius 3 is 2.05 bits per heavy atom. The van der Waals surface area contributed by atoms with Gasteiger partial charge >= 0.3 is 0 Å². The molecule has 2 fully saturated rings. The van der Waals surface area contributed by atoms with Crippen LogP contribution in [0.1, 0.15) is 57.8 Å². The minimum absolute atomic E-state index is 0.0930. The van der Waals surface area contributed by atoms with Crippen LogP contribution in [0.5, 0.6) is 0 Å². The highest BCUT2D eigenvalue weighted by Crippen LogP contribution is 2.41. The van der Waals surface area contributed by atoms with E-state index in [1.54, 1.807) is 0 Å². The third-order valence-electron chi connectivity index (χ3n) is 4.61. The van der Waals surface area contributed by atoms with Crippen molar-refractivity contribution in [2.45, 2.75) is 74.4 Å². The Morgan fingerprint density at radius 2 is 1.50 bits per heavy atom. The zero-order valence-electron chi connectivity index (χ0n) is 13.3. The van der Waals surface area contributed by atoms with Gasteiger partial charge in [0.1, 0.15) is 0 Å². The molecule has 0 saturated carbocycles. The largest absolute Gasteiger partial charge is 0.396 e. The lowest BCUT2D eigenvalue weighted by molar-refractivity contribution is 0.0529. The molecule has 2 heterocycles. The van der Waals surface area contributed by atoms with E-state index in [-0.39, 0.29) is 18.6 Å². The van der Waals surface area contributed by atoms with Gasteiger partial charge in [0.2, 0.25) is 0 Å². The van der Waals surface area contributed by atoms with Crippen molar-refractivity contribution < 1.29 is 10.2 Å². The lowest BCUT2D eigenvalue weighted by Gasteiger charge is -2.21. The molecule has 6 heteroatoms. The van der Waals surface area contributed by atoms with Gasteiger partial charge in [-0.25, -0.2) is 0 Å². The van der Waals surface area contributed by atoms with Gasteiger partial charge in [0.25, 0.3) is 0 Å². The Bertz CT molecular complexity index is 281. The van der Waals surface area contributed by atoms with Crippen LogP contribution >= 0.6 is 43.2 Å². The molecule has 4 atom stereocenters. The predicted octanol–water partition coefficient (Wildman–Crippen LogP) is 4.99. The minimum Gasteiger partial charge on any atom is -0.396 e. The van der Waals surface area contributed by atoms with E-state index in [9.17, 15) is 10.2 Å². The van der Waals surface area contributed by atoms with Crippen LogP contribution in [-0.4, -0.2) is 44.9 Å². The van der Waals surface area contributed by atoms with Crippen molar-refractivity contribution in [1.82, 2.24) is 0 Å². The van der Waals surface area contributed by atoms with Crippen LogP contribution in [0.4, 0.5) is 0 Å². The molecule has 0 radical (unpaired) electrons. The summed E-state index contributed by atoms with van der Waals surface area (Å²) in [7, 11) is 8.07. The van der Waals surface area contributed by atoms with Crippen LogP contribution in [0.2, 0.25) is 0 Å². The molecular weight excluding hydrogens is 352 g/mol. The number of hydrogen-bond acceptors (Lipinski definition) is 6. The Labute approximate surface area is 151 Å². The molecule has 0 aromatic heterocycles. The van der Waals surface area contributed by atoms with Gasteiger partial charge < -0.3 is 10.2 Å². The fourth-order valence-corrected chi connectivity index (χ4v) is 9.16. The maximum absolute atomic E-state index is 10.3. The van der Waals surface area contributed by atoms with Crippen molar-refractivity contribution in [2.24, 2.45) is 5.92 Å². The summed E-state index contributed by atoms with van der Waals surface area (Å²) in [6.07, 6.45) is 10.3. The maximum Gasteiger partial charge on any atom is 0.0590 e. The van der Waals surface area contributed by atoms with E-state index in [1.165, 1.54) is 43.6 Å². The topological polar surface area (TPSA) is 40.5 Å². The number of hydrogen-bond donors (Lipinski definition) is 2. The normalized spacial score (nSPS) is 28.1. The first-order valence-corrected chi connectivity index (χ1v) is 13.4. The van der Waals surface area contributed by atoms with Gasteiger partial charge in [-0.3, -0.25) is 0 Å². The van der Waals surface area contributed by atoms with E-state index < -0.39 is 0 Å². The van der Waals surface area contributed by atoms with E-state index in [1.807, 2.05) is 43.2 Å². The van der Waals surface area contributed by atoms with Crippen molar-refractivity contribution in [3.8, 4) is 0 Å². The first-order valence-electron chi connectivity index (χ1n) is 8.65. The van der Waals surface area contributed by atoms with Gasteiger partial charge in [-0.1, -0.05) is 62.4 Å². The summed E-state index contributed by atoms with van der Waals surface area (Å²) in [5.74, 6) is 2.69. The number of unbranched alkanes of at least 4 members (excludes halogenated alkanes) is 1. The second kappa shape index (κ2) is 11.8. The number of rotatable bonds is 11. The molecule has 2 nitrogen and oxygen atoms in total. The molecule has 0 spiro atoms. The summed E-state index contributed by atoms with van der Waals surface area (Å²) >= 11 is 0. The zero-order valence-corrected chi connectivity index (χ0v) is 16.6. The molecule has 0 amide bonds. The number of aliphatic hydroxyl groups is 2. The smallest absolute Gasteiger partial charge is 0.0590 e. The quantitative estimate of drug-likeness (QED) is 0.387. The van der Waals surface area contributed by atoms with Gasteiger partial charge in [0.05, 0.1) is 6.10 Å². The molecule has 0 aromatic rings. The lowest BCUT2D eigenvalue weighted by atomic mass is 9.92. The first-order chi connectivity index (χ1) is 10.8. The van der Waals surface area contributed by atoms with Gasteiger partial charge in [-0.15, -0.1) is 0 Å². The monoisotopic (exact) mass is 382 g/mol. The highest BCUT2D eigenvalue weighted by atomic mass is 33.1. The SMILES string of the molecule is OCC(CCCC1CCSS1)C(O)CCCCC1CCSS1. The predicted molar refractivity (Wildman–Crippen MR) is 106 cm³/mol. The highest BCUT2D eigenvalue weighted by molar-refractivity contribution is 8.77. The van der Waals surface area contributed by atoms with Crippen LogP contribution in [0.3, 0.4) is 0 Å². The molecular formula is C16H30O2S4. The first kappa shape index (κ1) is 19.6. The zero-order chi connectivity index (χ0) is 15.6.